The zero-order chi connectivity index (χ0) is 16.5. The molecule has 1 amide bonds. The van der Waals surface area contributed by atoms with E-state index in [9.17, 15) is 4.79 Å². The van der Waals surface area contributed by atoms with Crippen molar-refractivity contribution in [2.24, 2.45) is 0 Å². The minimum absolute atomic E-state index is 0.167. The molecule has 0 N–H and O–H groups in total. The Labute approximate surface area is 137 Å². The molecule has 0 aromatic heterocycles. The van der Waals surface area contributed by atoms with Gasteiger partial charge >= 0.3 is 6.09 Å². The number of carbonyl (C=O) groups excluding carboxylic acids is 1. The van der Waals surface area contributed by atoms with Crippen LogP contribution >= 0.6 is 0 Å². The number of ether oxygens (including phenoxy) is 3. The van der Waals surface area contributed by atoms with Crippen molar-refractivity contribution in [3.8, 4) is 0 Å². The van der Waals surface area contributed by atoms with Crippen LogP contribution in [0.25, 0.3) is 0 Å². The Kier molecular flexibility index (Phi) is 4.34. The molecule has 0 spiro atoms. The monoisotopic (exact) mass is 319 g/mol. The fourth-order valence-electron chi connectivity index (χ4n) is 3.29. The van der Waals surface area contributed by atoms with Crippen LogP contribution in [0.4, 0.5) is 4.79 Å². The molecule has 5 heteroatoms. The molecular weight excluding hydrogens is 294 g/mol. The zero-order valence-electron chi connectivity index (χ0n) is 14.1. The van der Waals surface area contributed by atoms with Gasteiger partial charge in [-0.1, -0.05) is 30.3 Å². The highest BCUT2D eigenvalue weighted by molar-refractivity contribution is 5.68. The minimum atomic E-state index is -0.491. The number of likely N-dealkylation sites (tertiary alicyclic amines) is 1. The first-order valence-corrected chi connectivity index (χ1v) is 8.20. The summed E-state index contributed by atoms with van der Waals surface area (Å²) in [6.45, 7) is 7.86. The number of hydrogen-bond donors (Lipinski definition) is 0. The Morgan fingerprint density at radius 2 is 2.00 bits per heavy atom. The molecule has 2 aliphatic heterocycles. The molecule has 2 aliphatic rings. The van der Waals surface area contributed by atoms with Crippen LogP contribution in [-0.4, -0.2) is 49.0 Å². The summed E-state index contributed by atoms with van der Waals surface area (Å²) in [5.74, 6) is 0. The van der Waals surface area contributed by atoms with Gasteiger partial charge in [0.05, 0.1) is 19.8 Å². The third kappa shape index (κ3) is 3.35. The van der Waals surface area contributed by atoms with Gasteiger partial charge < -0.3 is 19.1 Å². The SMILES string of the molecule is CC(C)(C)OC(=O)N1CCC2(c3ccccc3)OCCOC2C1. The van der Waals surface area contributed by atoms with Gasteiger partial charge in [0.25, 0.3) is 0 Å². The summed E-state index contributed by atoms with van der Waals surface area (Å²) in [5, 5.41) is 0. The van der Waals surface area contributed by atoms with Gasteiger partial charge in [-0.05, 0) is 26.3 Å². The second-order valence-electron chi connectivity index (χ2n) is 7.14. The van der Waals surface area contributed by atoms with Crippen LogP contribution in [0.5, 0.6) is 0 Å². The number of piperidine rings is 1. The van der Waals surface area contributed by atoms with Crippen molar-refractivity contribution in [1.82, 2.24) is 4.90 Å². The molecule has 0 saturated carbocycles. The number of fused-ring (bicyclic) bond motifs is 1. The zero-order valence-corrected chi connectivity index (χ0v) is 14.1. The number of benzene rings is 1. The Morgan fingerprint density at radius 1 is 1.26 bits per heavy atom. The van der Waals surface area contributed by atoms with E-state index in [-0.39, 0.29) is 12.2 Å². The van der Waals surface area contributed by atoms with E-state index in [1.807, 2.05) is 39.0 Å². The predicted molar refractivity (Wildman–Crippen MR) is 86.2 cm³/mol. The number of rotatable bonds is 1. The van der Waals surface area contributed by atoms with Gasteiger partial charge in [-0.15, -0.1) is 0 Å². The van der Waals surface area contributed by atoms with E-state index in [4.69, 9.17) is 14.2 Å². The van der Waals surface area contributed by atoms with Crippen molar-refractivity contribution in [3.63, 3.8) is 0 Å². The average Bonchev–Trinajstić information content (AvgIpc) is 2.53. The van der Waals surface area contributed by atoms with Gasteiger partial charge in [0, 0.05) is 13.0 Å². The van der Waals surface area contributed by atoms with Crippen LogP contribution in [0, 0.1) is 0 Å². The van der Waals surface area contributed by atoms with Gasteiger partial charge in [-0.3, -0.25) is 0 Å². The lowest BCUT2D eigenvalue weighted by Gasteiger charge is -2.49. The molecule has 0 aliphatic carbocycles. The van der Waals surface area contributed by atoms with E-state index in [2.05, 4.69) is 12.1 Å². The summed E-state index contributed by atoms with van der Waals surface area (Å²) >= 11 is 0. The van der Waals surface area contributed by atoms with Gasteiger partial charge in [0.15, 0.2) is 0 Å². The predicted octanol–water partition coefficient (Wildman–Crippen LogP) is 2.94. The van der Waals surface area contributed by atoms with Crippen LogP contribution in [0.3, 0.4) is 0 Å². The second-order valence-corrected chi connectivity index (χ2v) is 7.14. The summed E-state index contributed by atoms with van der Waals surface area (Å²) in [5.41, 5.74) is 0.168. The highest BCUT2D eigenvalue weighted by Crippen LogP contribution is 2.40. The standard InChI is InChI=1S/C18H25NO4/c1-17(2,3)23-16(20)19-10-9-18(14-7-5-4-6-8-14)15(13-19)21-11-12-22-18/h4-8,15H,9-13H2,1-3H3. The summed E-state index contributed by atoms with van der Waals surface area (Å²) in [6.07, 6.45) is 0.259. The molecule has 2 saturated heterocycles. The minimum Gasteiger partial charge on any atom is -0.444 e. The number of hydrogen-bond acceptors (Lipinski definition) is 4. The lowest BCUT2D eigenvalue weighted by Crippen LogP contribution is -2.60. The van der Waals surface area contributed by atoms with E-state index >= 15 is 0 Å². The van der Waals surface area contributed by atoms with Crippen molar-refractivity contribution in [3.05, 3.63) is 35.9 Å². The highest BCUT2D eigenvalue weighted by atomic mass is 16.6. The summed E-state index contributed by atoms with van der Waals surface area (Å²) in [7, 11) is 0. The fraction of sp³-hybridized carbons (Fsp3) is 0.611. The molecule has 2 atom stereocenters. The first-order valence-electron chi connectivity index (χ1n) is 8.20. The van der Waals surface area contributed by atoms with Crippen molar-refractivity contribution >= 4 is 6.09 Å². The van der Waals surface area contributed by atoms with E-state index in [0.717, 1.165) is 5.56 Å². The lowest BCUT2D eigenvalue weighted by atomic mass is 9.81. The van der Waals surface area contributed by atoms with Crippen molar-refractivity contribution < 1.29 is 19.0 Å². The van der Waals surface area contributed by atoms with Gasteiger partial charge in [0.1, 0.15) is 17.3 Å². The van der Waals surface area contributed by atoms with E-state index in [1.54, 1.807) is 4.90 Å². The molecule has 126 valence electrons. The lowest BCUT2D eigenvalue weighted by molar-refractivity contribution is -0.230. The molecule has 0 bridgehead atoms. The van der Waals surface area contributed by atoms with Crippen LogP contribution in [0.2, 0.25) is 0 Å². The molecule has 23 heavy (non-hydrogen) atoms. The van der Waals surface area contributed by atoms with E-state index in [1.165, 1.54) is 0 Å². The van der Waals surface area contributed by atoms with Gasteiger partial charge in [-0.2, -0.15) is 0 Å². The average molecular weight is 319 g/mol. The molecule has 2 unspecified atom stereocenters. The second kappa shape index (κ2) is 6.13. The van der Waals surface area contributed by atoms with Crippen LogP contribution in [0.15, 0.2) is 30.3 Å². The molecule has 0 radical (unpaired) electrons. The van der Waals surface area contributed by atoms with E-state index < -0.39 is 11.2 Å². The number of amides is 1. The molecule has 1 aromatic carbocycles. The maximum absolute atomic E-state index is 12.3. The quantitative estimate of drug-likeness (QED) is 0.798. The Morgan fingerprint density at radius 3 is 2.70 bits per heavy atom. The smallest absolute Gasteiger partial charge is 0.410 e. The number of nitrogens with zero attached hydrogens (tertiary/aromatic N) is 1. The first-order chi connectivity index (χ1) is 10.9. The Hall–Kier alpha value is -1.59. The maximum atomic E-state index is 12.3. The number of carbonyl (C=O) groups is 1. The van der Waals surface area contributed by atoms with E-state index in [0.29, 0.717) is 32.7 Å². The first kappa shape index (κ1) is 16.3. The highest BCUT2D eigenvalue weighted by Gasteiger charge is 2.49. The molecule has 2 fully saturated rings. The molecular formula is C18H25NO4. The largest absolute Gasteiger partial charge is 0.444 e. The Balaban J connectivity index is 1.78. The van der Waals surface area contributed by atoms with Gasteiger partial charge in [0.2, 0.25) is 0 Å². The normalized spacial score (nSPS) is 28.1. The van der Waals surface area contributed by atoms with Crippen molar-refractivity contribution in [2.45, 2.75) is 44.5 Å². The van der Waals surface area contributed by atoms with Gasteiger partial charge in [-0.25, -0.2) is 4.79 Å². The molecule has 1 aromatic rings. The maximum Gasteiger partial charge on any atom is 0.410 e. The van der Waals surface area contributed by atoms with Crippen LogP contribution in [-0.2, 0) is 19.8 Å². The van der Waals surface area contributed by atoms with Crippen LogP contribution in [0.1, 0.15) is 32.8 Å². The third-order valence-corrected chi connectivity index (χ3v) is 4.34. The summed E-state index contributed by atoms with van der Waals surface area (Å²) in [4.78, 5) is 14.1. The Bertz CT molecular complexity index is 554. The van der Waals surface area contributed by atoms with Crippen molar-refractivity contribution in [1.29, 1.82) is 0 Å². The molecule has 3 rings (SSSR count). The summed E-state index contributed by atoms with van der Waals surface area (Å²) in [6, 6.07) is 10.2. The fourth-order valence-corrected chi connectivity index (χ4v) is 3.29. The summed E-state index contributed by atoms with van der Waals surface area (Å²) < 4.78 is 17.6. The topological polar surface area (TPSA) is 48.0 Å². The molecule has 5 nitrogen and oxygen atoms in total. The molecule has 2 heterocycles. The van der Waals surface area contributed by atoms with Crippen LogP contribution < -0.4 is 0 Å². The third-order valence-electron chi connectivity index (χ3n) is 4.34. The van der Waals surface area contributed by atoms with Crippen molar-refractivity contribution in [2.75, 3.05) is 26.3 Å².